The molecule has 0 saturated carbocycles. The molecule has 0 bridgehead atoms. The Morgan fingerprint density at radius 2 is 1.75 bits per heavy atom. The average Bonchev–Trinajstić information content (AvgIpc) is 2.38. The van der Waals surface area contributed by atoms with Crippen LogP contribution in [-0.2, 0) is 0 Å². The molecule has 0 aliphatic rings. The van der Waals surface area contributed by atoms with Gasteiger partial charge in [-0.2, -0.15) is 0 Å². The fraction of sp³-hybridized carbons (Fsp3) is 0.250. The predicted octanol–water partition coefficient (Wildman–Crippen LogP) is 3.42. The van der Waals surface area contributed by atoms with Crippen molar-refractivity contribution in [1.82, 2.24) is 10.3 Å². The van der Waals surface area contributed by atoms with E-state index in [1.54, 1.807) is 24.3 Å². The number of carbonyl (C=O) groups is 1. The second-order valence-electron chi connectivity index (χ2n) is 5.64. The molecule has 0 aliphatic carbocycles. The first-order valence-corrected chi connectivity index (χ1v) is 6.40. The third-order valence-electron chi connectivity index (χ3n) is 2.65. The zero-order valence-electron chi connectivity index (χ0n) is 11.8. The molecular formula is C16H17FN2O. The summed E-state index contributed by atoms with van der Waals surface area (Å²) in [5.41, 5.74) is 1.74. The minimum absolute atomic E-state index is 0.157. The van der Waals surface area contributed by atoms with E-state index in [-0.39, 0.29) is 17.3 Å². The number of rotatable bonds is 2. The Hall–Kier alpha value is -2.23. The molecule has 0 saturated heterocycles. The van der Waals surface area contributed by atoms with Crippen LogP contribution in [0.15, 0.2) is 42.6 Å². The topological polar surface area (TPSA) is 42.0 Å². The van der Waals surface area contributed by atoms with Crippen LogP contribution in [0.3, 0.4) is 0 Å². The quantitative estimate of drug-likeness (QED) is 0.910. The molecule has 3 nitrogen and oxygen atoms in total. The maximum Gasteiger partial charge on any atom is 0.253 e. The van der Waals surface area contributed by atoms with Gasteiger partial charge in [-0.25, -0.2) is 4.39 Å². The number of aromatic nitrogens is 1. The van der Waals surface area contributed by atoms with Gasteiger partial charge in [-0.1, -0.05) is 0 Å². The lowest BCUT2D eigenvalue weighted by molar-refractivity contribution is 0.0919. The van der Waals surface area contributed by atoms with Gasteiger partial charge >= 0.3 is 0 Å². The van der Waals surface area contributed by atoms with E-state index in [1.165, 1.54) is 18.3 Å². The first-order valence-electron chi connectivity index (χ1n) is 6.40. The van der Waals surface area contributed by atoms with Gasteiger partial charge in [0.2, 0.25) is 0 Å². The molecule has 0 atom stereocenters. The van der Waals surface area contributed by atoms with Crippen molar-refractivity contribution >= 4 is 5.91 Å². The maximum atomic E-state index is 12.9. The Balaban J connectivity index is 2.18. The molecule has 1 aromatic carbocycles. The molecule has 1 amide bonds. The van der Waals surface area contributed by atoms with Crippen molar-refractivity contribution in [2.24, 2.45) is 0 Å². The number of hydrogen-bond donors (Lipinski definition) is 1. The number of halogens is 1. The van der Waals surface area contributed by atoms with Crippen molar-refractivity contribution in [2.75, 3.05) is 0 Å². The second kappa shape index (κ2) is 5.41. The zero-order valence-corrected chi connectivity index (χ0v) is 11.8. The molecule has 0 unspecified atom stereocenters. The highest BCUT2D eigenvalue weighted by molar-refractivity contribution is 5.94. The molecule has 1 aromatic heterocycles. The molecule has 0 aliphatic heterocycles. The number of nitrogens with one attached hydrogen (secondary N) is 1. The van der Waals surface area contributed by atoms with Gasteiger partial charge in [-0.3, -0.25) is 9.78 Å². The molecule has 0 fully saturated rings. The van der Waals surface area contributed by atoms with E-state index < -0.39 is 0 Å². The third kappa shape index (κ3) is 3.63. The van der Waals surface area contributed by atoms with E-state index in [2.05, 4.69) is 10.3 Å². The first-order chi connectivity index (χ1) is 9.35. The van der Waals surface area contributed by atoms with Gasteiger partial charge in [0.15, 0.2) is 0 Å². The van der Waals surface area contributed by atoms with Gasteiger partial charge in [-0.05, 0) is 57.2 Å². The Kier molecular flexibility index (Phi) is 3.84. The maximum absolute atomic E-state index is 12.9. The first kappa shape index (κ1) is 14.2. The van der Waals surface area contributed by atoms with E-state index in [0.717, 1.165) is 5.56 Å². The summed E-state index contributed by atoms with van der Waals surface area (Å²) in [7, 11) is 0. The second-order valence-corrected chi connectivity index (χ2v) is 5.64. The molecule has 104 valence electrons. The fourth-order valence-electron chi connectivity index (χ4n) is 1.73. The highest BCUT2D eigenvalue weighted by Crippen LogP contribution is 2.17. The number of amides is 1. The fourth-order valence-corrected chi connectivity index (χ4v) is 1.73. The zero-order chi connectivity index (χ0) is 14.8. The van der Waals surface area contributed by atoms with Crippen molar-refractivity contribution in [3.05, 3.63) is 54.0 Å². The normalized spacial score (nSPS) is 11.2. The lowest BCUT2D eigenvalue weighted by Gasteiger charge is -2.20. The molecule has 2 rings (SSSR count). The summed E-state index contributed by atoms with van der Waals surface area (Å²) in [5, 5.41) is 2.87. The summed E-state index contributed by atoms with van der Waals surface area (Å²) >= 11 is 0. The van der Waals surface area contributed by atoms with Crippen LogP contribution in [0.25, 0.3) is 11.3 Å². The van der Waals surface area contributed by atoms with E-state index in [9.17, 15) is 9.18 Å². The molecule has 0 radical (unpaired) electrons. The molecule has 0 spiro atoms. The van der Waals surface area contributed by atoms with Crippen LogP contribution in [0.1, 0.15) is 31.1 Å². The predicted molar refractivity (Wildman–Crippen MR) is 76.9 cm³/mol. The van der Waals surface area contributed by atoms with Crippen molar-refractivity contribution < 1.29 is 9.18 Å². The van der Waals surface area contributed by atoms with Gasteiger partial charge in [0.1, 0.15) is 5.82 Å². The minimum Gasteiger partial charge on any atom is -0.347 e. The Bertz CT molecular complexity index is 598. The summed E-state index contributed by atoms with van der Waals surface area (Å²) in [5.74, 6) is -0.439. The number of nitrogens with zero attached hydrogens (tertiary/aromatic N) is 1. The van der Waals surface area contributed by atoms with Crippen molar-refractivity contribution in [1.29, 1.82) is 0 Å². The van der Waals surface area contributed by atoms with Crippen LogP contribution < -0.4 is 5.32 Å². The minimum atomic E-state index is -0.285. The SMILES string of the molecule is CC(C)(C)NC(=O)c1ccc(-c2ccc(F)cc2)nc1. The number of carbonyl (C=O) groups excluding carboxylic acids is 1. The van der Waals surface area contributed by atoms with E-state index >= 15 is 0 Å². The Labute approximate surface area is 117 Å². The smallest absolute Gasteiger partial charge is 0.253 e. The van der Waals surface area contributed by atoms with E-state index in [1.807, 2.05) is 20.8 Å². The molecule has 4 heteroatoms. The lowest BCUT2D eigenvalue weighted by atomic mass is 10.1. The van der Waals surface area contributed by atoms with Gasteiger partial charge < -0.3 is 5.32 Å². The summed E-state index contributed by atoms with van der Waals surface area (Å²) in [6.45, 7) is 5.77. The van der Waals surface area contributed by atoms with Crippen molar-refractivity contribution in [3.63, 3.8) is 0 Å². The van der Waals surface area contributed by atoms with Gasteiger partial charge in [0, 0.05) is 17.3 Å². The highest BCUT2D eigenvalue weighted by Gasteiger charge is 2.15. The van der Waals surface area contributed by atoms with Crippen LogP contribution >= 0.6 is 0 Å². The monoisotopic (exact) mass is 272 g/mol. The largest absolute Gasteiger partial charge is 0.347 e. The van der Waals surface area contributed by atoms with Crippen LogP contribution in [0, 0.1) is 5.82 Å². The van der Waals surface area contributed by atoms with Crippen molar-refractivity contribution in [2.45, 2.75) is 26.3 Å². The van der Waals surface area contributed by atoms with E-state index in [0.29, 0.717) is 11.3 Å². The summed E-state index contributed by atoms with van der Waals surface area (Å²) in [4.78, 5) is 16.2. The molecule has 1 heterocycles. The van der Waals surface area contributed by atoms with Crippen molar-refractivity contribution in [3.8, 4) is 11.3 Å². The van der Waals surface area contributed by atoms with E-state index in [4.69, 9.17) is 0 Å². The summed E-state index contributed by atoms with van der Waals surface area (Å²) < 4.78 is 12.9. The van der Waals surface area contributed by atoms with Gasteiger partial charge in [0.05, 0.1) is 11.3 Å². The van der Waals surface area contributed by atoms with Gasteiger partial charge in [0.25, 0.3) is 5.91 Å². The van der Waals surface area contributed by atoms with Gasteiger partial charge in [-0.15, -0.1) is 0 Å². The third-order valence-corrected chi connectivity index (χ3v) is 2.65. The number of benzene rings is 1. The Morgan fingerprint density at radius 1 is 1.10 bits per heavy atom. The number of pyridine rings is 1. The summed E-state index contributed by atoms with van der Waals surface area (Å²) in [6.07, 6.45) is 1.53. The van der Waals surface area contributed by atoms with Crippen LogP contribution in [0.2, 0.25) is 0 Å². The highest BCUT2D eigenvalue weighted by atomic mass is 19.1. The molecule has 1 N–H and O–H groups in total. The van der Waals surface area contributed by atoms with Crippen LogP contribution in [0.5, 0.6) is 0 Å². The molecular weight excluding hydrogens is 255 g/mol. The lowest BCUT2D eigenvalue weighted by Crippen LogP contribution is -2.40. The number of hydrogen-bond acceptors (Lipinski definition) is 2. The average molecular weight is 272 g/mol. The standard InChI is InChI=1S/C16H17FN2O/c1-16(2,3)19-15(20)12-6-9-14(18-10-12)11-4-7-13(17)8-5-11/h4-10H,1-3H3,(H,19,20). The summed E-state index contributed by atoms with van der Waals surface area (Å²) in [6, 6.07) is 9.56. The van der Waals surface area contributed by atoms with Crippen LogP contribution in [-0.4, -0.2) is 16.4 Å². The van der Waals surface area contributed by atoms with Crippen LogP contribution in [0.4, 0.5) is 4.39 Å². The molecule has 20 heavy (non-hydrogen) atoms. The Morgan fingerprint density at radius 3 is 2.25 bits per heavy atom. The molecule has 2 aromatic rings.